The van der Waals surface area contributed by atoms with Crippen LogP contribution in [0.25, 0.3) is 0 Å². The maximum Gasteiger partial charge on any atom is 0.357 e. The fraction of sp³-hybridized carbons (Fsp3) is 0.321. The SMILES string of the molecule is CC(C)(C)OC(=O)C1(NCCc2ccccc2F)NC(c2ccccc2)C(c2ccccc2)N1. The third kappa shape index (κ3) is 5.53. The Morgan fingerprint density at radius 2 is 1.38 bits per heavy atom. The molecule has 1 aliphatic rings. The van der Waals surface area contributed by atoms with Crippen molar-refractivity contribution in [1.29, 1.82) is 0 Å². The summed E-state index contributed by atoms with van der Waals surface area (Å²) >= 11 is 0. The maximum absolute atomic E-state index is 14.2. The summed E-state index contributed by atoms with van der Waals surface area (Å²) in [5.41, 5.74) is 2.01. The molecule has 0 saturated carbocycles. The standard InChI is InChI=1S/C28H32FN3O2/c1-27(2,3)34-26(33)28(30-19-18-20-12-10-11-17-23(20)29)31-24(21-13-6-4-7-14-21)25(32-28)22-15-8-5-9-16-22/h4-17,24-25,30-32H,18-19H2,1-3H3. The predicted octanol–water partition coefficient (Wildman–Crippen LogP) is 4.63. The largest absolute Gasteiger partial charge is 0.457 e. The molecule has 6 heteroatoms. The zero-order valence-corrected chi connectivity index (χ0v) is 19.8. The van der Waals surface area contributed by atoms with Crippen LogP contribution in [0.2, 0.25) is 0 Å². The van der Waals surface area contributed by atoms with Crippen molar-refractivity contribution in [2.75, 3.05) is 6.54 Å². The molecule has 1 fully saturated rings. The Morgan fingerprint density at radius 1 is 0.882 bits per heavy atom. The van der Waals surface area contributed by atoms with Crippen molar-refractivity contribution < 1.29 is 13.9 Å². The van der Waals surface area contributed by atoms with E-state index in [0.717, 1.165) is 11.1 Å². The van der Waals surface area contributed by atoms with Crippen molar-refractivity contribution in [1.82, 2.24) is 16.0 Å². The Bertz CT molecular complexity index is 1050. The number of carbonyl (C=O) groups is 1. The first-order valence-corrected chi connectivity index (χ1v) is 11.6. The van der Waals surface area contributed by atoms with Gasteiger partial charge in [-0.2, -0.15) is 0 Å². The lowest BCUT2D eigenvalue weighted by atomic mass is 9.95. The number of nitrogens with one attached hydrogen (secondary N) is 3. The minimum absolute atomic E-state index is 0.197. The van der Waals surface area contributed by atoms with E-state index in [1.165, 1.54) is 6.07 Å². The van der Waals surface area contributed by atoms with Crippen molar-refractivity contribution in [2.24, 2.45) is 0 Å². The summed E-state index contributed by atoms with van der Waals surface area (Å²) < 4.78 is 20.0. The van der Waals surface area contributed by atoms with Gasteiger partial charge in [0.2, 0.25) is 5.79 Å². The second-order valence-corrected chi connectivity index (χ2v) is 9.59. The van der Waals surface area contributed by atoms with Crippen LogP contribution in [0.15, 0.2) is 84.9 Å². The summed E-state index contributed by atoms with van der Waals surface area (Å²) in [4.78, 5) is 13.6. The van der Waals surface area contributed by atoms with E-state index in [1.807, 2.05) is 87.5 Å². The number of hydrogen-bond acceptors (Lipinski definition) is 5. The Labute approximate surface area is 200 Å². The molecule has 3 aromatic rings. The topological polar surface area (TPSA) is 62.4 Å². The van der Waals surface area contributed by atoms with Crippen LogP contribution in [0.5, 0.6) is 0 Å². The van der Waals surface area contributed by atoms with E-state index in [1.54, 1.807) is 12.1 Å². The predicted molar refractivity (Wildman–Crippen MR) is 131 cm³/mol. The maximum atomic E-state index is 14.2. The Kier molecular flexibility index (Phi) is 7.12. The molecule has 0 spiro atoms. The number of hydrogen-bond donors (Lipinski definition) is 3. The molecule has 0 amide bonds. The molecule has 1 saturated heterocycles. The van der Waals surface area contributed by atoms with Gasteiger partial charge in [-0.15, -0.1) is 0 Å². The van der Waals surface area contributed by atoms with E-state index in [2.05, 4.69) is 16.0 Å². The van der Waals surface area contributed by atoms with E-state index in [4.69, 9.17) is 4.74 Å². The van der Waals surface area contributed by atoms with Crippen LogP contribution in [-0.2, 0) is 16.0 Å². The summed E-state index contributed by atoms with van der Waals surface area (Å²) in [6.07, 6.45) is 0.423. The van der Waals surface area contributed by atoms with Crippen LogP contribution < -0.4 is 16.0 Å². The van der Waals surface area contributed by atoms with Crippen molar-refractivity contribution in [3.63, 3.8) is 0 Å². The summed E-state index contributed by atoms with van der Waals surface area (Å²) in [6.45, 7) is 5.89. The second kappa shape index (κ2) is 10.1. The zero-order chi connectivity index (χ0) is 24.2. The molecule has 0 aromatic heterocycles. The fourth-order valence-corrected chi connectivity index (χ4v) is 4.28. The molecule has 34 heavy (non-hydrogen) atoms. The minimum atomic E-state index is -1.35. The van der Waals surface area contributed by atoms with Gasteiger partial charge < -0.3 is 4.74 Å². The number of ether oxygens (including phenoxy) is 1. The molecule has 1 heterocycles. The second-order valence-electron chi connectivity index (χ2n) is 9.59. The van der Waals surface area contributed by atoms with Gasteiger partial charge in [-0.25, -0.2) is 9.18 Å². The van der Waals surface area contributed by atoms with Crippen molar-refractivity contribution in [2.45, 2.75) is 50.7 Å². The van der Waals surface area contributed by atoms with Crippen molar-refractivity contribution in [3.8, 4) is 0 Å². The van der Waals surface area contributed by atoms with Gasteiger partial charge in [-0.1, -0.05) is 78.9 Å². The molecule has 3 N–H and O–H groups in total. The van der Waals surface area contributed by atoms with Gasteiger partial charge in [0.25, 0.3) is 0 Å². The van der Waals surface area contributed by atoms with Gasteiger partial charge in [0, 0.05) is 6.54 Å². The highest BCUT2D eigenvalue weighted by molar-refractivity contribution is 5.81. The molecule has 0 bridgehead atoms. The lowest BCUT2D eigenvalue weighted by Crippen LogP contribution is -2.68. The highest BCUT2D eigenvalue weighted by Gasteiger charge is 2.52. The van der Waals surface area contributed by atoms with Crippen molar-refractivity contribution >= 4 is 5.97 Å². The number of rotatable bonds is 7. The number of carbonyl (C=O) groups excluding carboxylic acids is 1. The molecule has 178 valence electrons. The molecule has 2 atom stereocenters. The average molecular weight is 462 g/mol. The normalized spacial score (nSPS) is 22.5. The van der Waals surface area contributed by atoms with Crippen LogP contribution in [0.4, 0.5) is 4.39 Å². The van der Waals surface area contributed by atoms with Gasteiger partial charge in [-0.05, 0) is 49.9 Å². The highest BCUT2D eigenvalue weighted by atomic mass is 19.1. The third-order valence-corrected chi connectivity index (χ3v) is 5.84. The van der Waals surface area contributed by atoms with Gasteiger partial charge in [0.1, 0.15) is 11.4 Å². The first-order chi connectivity index (χ1) is 16.3. The van der Waals surface area contributed by atoms with Crippen molar-refractivity contribution in [3.05, 3.63) is 107 Å². The van der Waals surface area contributed by atoms with Gasteiger partial charge >= 0.3 is 5.97 Å². The molecule has 4 rings (SSSR count). The Hall–Kier alpha value is -3.06. The molecule has 3 aromatic carbocycles. The van der Waals surface area contributed by atoms with E-state index >= 15 is 0 Å². The monoisotopic (exact) mass is 461 g/mol. The van der Waals surface area contributed by atoms with E-state index in [0.29, 0.717) is 18.5 Å². The van der Waals surface area contributed by atoms with Crippen LogP contribution in [0.1, 0.15) is 49.5 Å². The molecule has 5 nitrogen and oxygen atoms in total. The molecule has 0 radical (unpaired) electrons. The lowest BCUT2D eigenvalue weighted by Gasteiger charge is -2.33. The number of halogens is 1. The summed E-state index contributed by atoms with van der Waals surface area (Å²) in [5, 5.41) is 10.3. The van der Waals surface area contributed by atoms with Gasteiger partial charge in [0.15, 0.2) is 0 Å². The summed E-state index contributed by atoms with van der Waals surface area (Å²) in [5.74, 6) is -2.06. The van der Waals surface area contributed by atoms with Crippen LogP contribution >= 0.6 is 0 Å². The van der Waals surface area contributed by atoms with Crippen LogP contribution in [0, 0.1) is 5.82 Å². The molecule has 0 aliphatic carbocycles. The lowest BCUT2D eigenvalue weighted by molar-refractivity contribution is -0.166. The van der Waals surface area contributed by atoms with Crippen LogP contribution in [-0.4, -0.2) is 23.9 Å². The third-order valence-electron chi connectivity index (χ3n) is 5.84. The highest BCUT2D eigenvalue weighted by Crippen LogP contribution is 2.37. The fourth-order valence-electron chi connectivity index (χ4n) is 4.28. The Morgan fingerprint density at radius 3 is 1.88 bits per heavy atom. The first-order valence-electron chi connectivity index (χ1n) is 11.6. The zero-order valence-electron chi connectivity index (χ0n) is 19.8. The summed E-state index contributed by atoms with van der Waals surface area (Å²) in [7, 11) is 0. The van der Waals surface area contributed by atoms with Crippen LogP contribution in [0.3, 0.4) is 0 Å². The average Bonchev–Trinajstić information content (AvgIpc) is 3.22. The Balaban J connectivity index is 1.66. The molecule has 2 unspecified atom stereocenters. The minimum Gasteiger partial charge on any atom is -0.457 e. The van der Waals surface area contributed by atoms with E-state index in [-0.39, 0.29) is 17.9 Å². The molecular weight excluding hydrogens is 429 g/mol. The van der Waals surface area contributed by atoms with E-state index < -0.39 is 17.4 Å². The smallest absolute Gasteiger partial charge is 0.357 e. The first kappa shape index (κ1) is 24.1. The van der Waals surface area contributed by atoms with Gasteiger partial charge in [0.05, 0.1) is 12.1 Å². The number of benzene rings is 3. The molecular formula is C28H32FN3O2. The van der Waals surface area contributed by atoms with E-state index in [9.17, 15) is 9.18 Å². The quantitative estimate of drug-likeness (QED) is 0.448. The summed E-state index contributed by atoms with van der Waals surface area (Å²) in [6, 6.07) is 26.3. The van der Waals surface area contributed by atoms with Gasteiger partial charge in [-0.3, -0.25) is 16.0 Å². The number of esters is 1. The molecule has 1 aliphatic heterocycles.